The predicted molar refractivity (Wildman–Crippen MR) is 56.4 cm³/mol. The number of hydrogen-bond donors (Lipinski definition) is 2. The molecule has 0 bridgehead atoms. The quantitative estimate of drug-likeness (QED) is 0.446. The van der Waals surface area contributed by atoms with E-state index in [2.05, 4.69) is 5.32 Å². The Labute approximate surface area is 85.2 Å². The molecule has 14 heavy (non-hydrogen) atoms. The molecule has 0 aromatic heterocycles. The zero-order valence-electron chi connectivity index (χ0n) is 9.18. The molecule has 4 nitrogen and oxygen atoms in total. The molecule has 0 radical (unpaired) electrons. The van der Waals surface area contributed by atoms with Gasteiger partial charge in [0.15, 0.2) is 0 Å². The molecule has 1 amide bonds. The first kappa shape index (κ1) is 11.0. The van der Waals surface area contributed by atoms with Crippen molar-refractivity contribution in [1.29, 1.82) is 5.41 Å². The second kappa shape index (κ2) is 3.98. The van der Waals surface area contributed by atoms with Crippen LogP contribution in [0.5, 0.6) is 0 Å². The van der Waals surface area contributed by atoms with Crippen LogP contribution in [-0.2, 0) is 4.79 Å². The number of hydrogen-bond acceptors (Lipinski definition) is 2. The molecule has 1 fully saturated rings. The maximum atomic E-state index is 11.3. The first-order valence-corrected chi connectivity index (χ1v) is 5.02. The standard InChI is InChI=1S/C10H19N3O/c1-10(2,3)9(11)13-6-4-5-12-8(14)7-13/h11H,4-7H2,1-3H3,(H,12,14). The Kier molecular flexibility index (Phi) is 3.13. The van der Waals surface area contributed by atoms with Crippen molar-refractivity contribution in [3.8, 4) is 0 Å². The van der Waals surface area contributed by atoms with E-state index >= 15 is 0 Å². The van der Waals surface area contributed by atoms with Crippen molar-refractivity contribution in [2.75, 3.05) is 19.6 Å². The minimum Gasteiger partial charge on any atom is -0.354 e. The van der Waals surface area contributed by atoms with Gasteiger partial charge in [-0.25, -0.2) is 0 Å². The van der Waals surface area contributed by atoms with Crippen molar-refractivity contribution < 1.29 is 4.79 Å². The van der Waals surface area contributed by atoms with Crippen LogP contribution in [0, 0.1) is 10.8 Å². The van der Waals surface area contributed by atoms with Gasteiger partial charge in [-0.1, -0.05) is 20.8 Å². The summed E-state index contributed by atoms with van der Waals surface area (Å²) in [6.45, 7) is 7.85. The van der Waals surface area contributed by atoms with Crippen molar-refractivity contribution in [1.82, 2.24) is 10.2 Å². The molecule has 1 saturated heterocycles. The fourth-order valence-electron chi connectivity index (χ4n) is 1.47. The highest BCUT2D eigenvalue weighted by Gasteiger charge is 2.25. The third-order valence-electron chi connectivity index (χ3n) is 2.29. The van der Waals surface area contributed by atoms with Gasteiger partial charge in [0, 0.05) is 18.5 Å². The van der Waals surface area contributed by atoms with Crippen LogP contribution in [-0.4, -0.2) is 36.3 Å². The van der Waals surface area contributed by atoms with Crippen molar-refractivity contribution in [2.45, 2.75) is 27.2 Å². The van der Waals surface area contributed by atoms with Crippen LogP contribution < -0.4 is 5.32 Å². The van der Waals surface area contributed by atoms with Gasteiger partial charge in [-0.2, -0.15) is 0 Å². The van der Waals surface area contributed by atoms with Gasteiger partial charge in [-0.3, -0.25) is 10.2 Å². The van der Waals surface area contributed by atoms with Crippen molar-refractivity contribution in [2.24, 2.45) is 5.41 Å². The molecule has 0 aromatic rings. The number of nitrogens with one attached hydrogen (secondary N) is 2. The molecule has 0 aromatic carbocycles. The number of carbonyl (C=O) groups excluding carboxylic acids is 1. The molecule has 4 heteroatoms. The van der Waals surface area contributed by atoms with Crippen LogP contribution in [0.25, 0.3) is 0 Å². The zero-order chi connectivity index (χ0) is 10.8. The number of carbonyl (C=O) groups is 1. The summed E-state index contributed by atoms with van der Waals surface area (Å²) >= 11 is 0. The van der Waals surface area contributed by atoms with E-state index in [-0.39, 0.29) is 11.3 Å². The first-order chi connectivity index (χ1) is 6.41. The van der Waals surface area contributed by atoms with Crippen molar-refractivity contribution in [3.05, 3.63) is 0 Å². The summed E-state index contributed by atoms with van der Waals surface area (Å²) in [4.78, 5) is 13.1. The number of rotatable bonds is 0. The molecule has 1 rings (SSSR count). The average molecular weight is 197 g/mol. The maximum absolute atomic E-state index is 11.3. The summed E-state index contributed by atoms with van der Waals surface area (Å²) in [5, 5.41) is 10.8. The topological polar surface area (TPSA) is 56.2 Å². The fourth-order valence-corrected chi connectivity index (χ4v) is 1.47. The Morgan fingerprint density at radius 3 is 2.71 bits per heavy atom. The molecule has 80 valence electrons. The first-order valence-electron chi connectivity index (χ1n) is 5.02. The maximum Gasteiger partial charge on any atom is 0.239 e. The zero-order valence-corrected chi connectivity index (χ0v) is 9.18. The summed E-state index contributed by atoms with van der Waals surface area (Å²) in [6, 6.07) is 0. The minimum atomic E-state index is -0.176. The van der Waals surface area contributed by atoms with Gasteiger partial charge in [-0.15, -0.1) is 0 Å². The van der Waals surface area contributed by atoms with E-state index < -0.39 is 0 Å². The Bertz CT molecular complexity index is 242. The highest BCUT2D eigenvalue weighted by Crippen LogP contribution is 2.18. The molecule has 0 spiro atoms. The monoisotopic (exact) mass is 197 g/mol. The molecule has 0 aliphatic carbocycles. The van der Waals surface area contributed by atoms with Crippen molar-refractivity contribution >= 4 is 11.7 Å². The molecule has 0 saturated carbocycles. The predicted octanol–water partition coefficient (Wildman–Crippen LogP) is 0.832. The lowest BCUT2D eigenvalue weighted by Crippen LogP contribution is -2.42. The fraction of sp³-hybridized carbons (Fsp3) is 0.800. The van der Waals surface area contributed by atoms with Gasteiger partial charge in [0.1, 0.15) is 5.84 Å². The average Bonchev–Trinajstić information content (AvgIpc) is 2.26. The highest BCUT2D eigenvalue weighted by molar-refractivity contribution is 5.89. The molecular weight excluding hydrogens is 178 g/mol. The van der Waals surface area contributed by atoms with Gasteiger partial charge in [-0.05, 0) is 6.42 Å². The second-order valence-corrected chi connectivity index (χ2v) is 4.72. The van der Waals surface area contributed by atoms with Crippen LogP contribution in [0.15, 0.2) is 0 Å². The Hall–Kier alpha value is -1.06. The van der Waals surface area contributed by atoms with E-state index in [9.17, 15) is 4.79 Å². The third kappa shape index (κ3) is 2.72. The van der Waals surface area contributed by atoms with E-state index in [0.29, 0.717) is 12.4 Å². The lowest BCUT2D eigenvalue weighted by atomic mass is 9.94. The van der Waals surface area contributed by atoms with Crippen LogP contribution in [0.2, 0.25) is 0 Å². The van der Waals surface area contributed by atoms with Crippen LogP contribution in [0.1, 0.15) is 27.2 Å². The molecule has 1 aliphatic heterocycles. The molecular formula is C10H19N3O. The summed E-state index contributed by atoms with van der Waals surface area (Å²) in [6.07, 6.45) is 0.921. The lowest BCUT2D eigenvalue weighted by Gasteiger charge is -2.30. The normalized spacial score (nSPS) is 18.8. The minimum absolute atomic E-state index is 0.0245. The van der Waals surface area contributed by atoms with Crippen LogP contribution >= 0.6 is 0 Å². The van der Waals surface area contributed by atoms with Gasteiger partial charge >= 0.3 is 0 Å². The van der Waals surface area contributed by atoms with Crippen LogP contribution in [0.4, 0.5) is 0 Å². The number of amides is 1. The van der Waals surface area contributed by atoms with Gasteiger partial charge < -0.3 is 10.2 Å². The summed E-state index contributed by atoms with van der Waals surface area (Å²) < 4.78 is 0. The summed E-state index contributed by atoms with van der Waals surface area (Å²) in [5.41, 5.74) is -0.176. The van der Waals surface area contributed by atoms with Gasteiger partial charge in [0.25, 0.3) is 0 Å². The summed E-state index contributed by atoms with van der Waals surface area (Å²) in [7, 11) is 0. The van der Waals surface area contributed by atoms with E-state index in [1.165, 1.54) is 0 Å². The highest BCUT2D eigenvalue weighted by atomic mass is 16.2. The SMILES string of the molecule is CC(C)(C)C(=N)N1CCCNC(=O)C1. The van der Waals surface area contributed by atoms with Gasteiger partial charge in [0.05, 0.1) is 6.54 Å². The van der Waals surface area contributed by atoms with E-state index in [1.807, 2.05) is 25.7 Å². The van der Waals surface area contributed by atoms with E-state index in [4.69, 9.17) is 5.41 Å². The largest absolute Gasteiger partial charge is 0.354 e. The molecule has 2 N–H and O–H groups in total. The second-order valence-electron chi connectivity index (χ2n) is 4.72. The van der Waals surface area contributed by atoms with Gasteiger partial charge in [0.2, 0.25) is 5.91 Å². The van der Waals surface area contributed by atoms with Crippen LogP contribution in [0.3, 0.4) is 0 Å². The molecule has 0 unspecified atom stereocenters. The number of amidine groups is 1. The Balaban J connectivity index is 2.66. The molecule has 1 aliphatic rings. The molecule has 0 atom stereocenters. The molecule has 1 heterocycles. The number of nitrogens with zero attached hydrogens (tertiary/aromatic N) is 1. The van der Waals surface area contributed by atoms with E-state index in [0.717, 1.165) is 19.5 Å². The smallest absolute Gasteiger partial charge is 0.239 e. The van der Waals surface area contributed by atoms with Crippen molar-refractivity contribution in [3.63, 3.8) is 0 Å². The third-order valence-corrected chi connectivity index (χ3v) is 2.29. The van der Waals surface area contributed by atoms with E-state index in [1.54, 1.807) is 0 Å². The Morgan fingerprint density at radius 1 is 1.50 bits per heavy atom. The lowest BCUT2D eigenvalue weighted by molar-refractivity contribution is -0.120. The summed E-state index contributed by atoms with van der Waals surface area (Å²) in [5.74, 6) is 0.575. The Morgan fingerprint density at radius 2 is 2.14 bits per heavy atom.